The molecule has 0 amide bonds. The fourth-order valence-corrected chi connectivity index (χ4v) is 6.98. The molecule has 0 spiro atoms. The average Bonchev–Trinajstić information content (AvgIpc) is 3.75. The first-order valence-electron chi connectivity index (χ1n) is 14.4. The number of nitrogens with zero attached hydrogens (tertiary/aromatic N) is 5. The van der Waals surface area contributed by atoms with Crippen LogP contribution in [0, 0.1) is 29.2 Å². The maximum absolute atomic E-state index is 9.92. The Morgan fingerprint density at radius 1 is 0.600 bits per heavy atom. The summed E-state index contributed by atoms with van der Waals surface area (Å²) in [5.41, 5.74) is 7.75. The number of hydrogen-bond acceptors (Lipinski definition) is 3. The molecule has 9 aromatic rings. The minimum absolute atomic E-state index is 0.0958. The highest BCUT2D eigenvalue weighted by atomic mass is 16.3. The number of nitriles is 2. The minimum atomic E-state index is 0.0958. The van der Waals surface area contributed by atoms with E-state index in [1.165, 1.54) is 0 Å². The van der Waals surface area contributed by atoms with Gasteiger partial charge in [-0.2, -0.15) is 10.5 Å². The van der Waals surface area contributed by atoms with Gasteiger partial charge in [0.15, 0.2) is 0 Å². The first-order valence-corrected chi connectivity index (χ1v) is 14.4. The van der Waals surface area contributed by atoms with Crippen LogP contribution in [0.1, 0.15) is 11.1 Å². The lowest BCUT2D eigenvalue weighted by Crippen LogP contribution is -1.97. The van der Waals surface area contributed by atoms with Crippen molar-refractivity contribution in [1.29, 1.82) is 10.5 Å². The molecule has 0 aliphatic carbocycles. The van der Waals surface area contributed by atoms with Crippen molar-refractivity contribution in [3.05, 3.63) is 138 Å². The third kappa shape index (κ3) is 3.24. The highest BCUT2D eigenvalue weighted by Crippen LogP contribution is 2.45. The van der Waals surface area contributed by atoms with E-state index in [0.29, 0.717) is 5.69 Å². The Morgan fingerprint density at radius 2 is 1.31 bits per heavy atom. The van der Waals surface area contributed by atoms with Crippen molar-refractivity contribution in [2.45, 2.75) is 0 Å². The smallest absolute Gasteiger partial charge is 0.208 e. The molecule has 0 fully saturated rings. The van der Waals surface area contributed by atoms with Gasteiger partial charge in [-0.25, -0.2) is 4.85 Å². The van der Waals surface area contributed by atoms with Crippen LogP contribution in [0.4, 0.5) is 5.69 Å². The van der Waals surface area contributed by atoms with Crippen LogP contribution in [0.3, 0.4) is 0 Å². The molecule has 0 aliphatic heterocycles. The number of hydrogen-bond donors (Lipinski definition) is 0. The number of aromatic nitrogens is 2. The zero-order valence-corrected chi connectivity index (χ0v) is 23.6. The van der Waals surface area contributed by atoms with E-state index >= 15 is 0 Å². The molecule has 0 unspecified atom stereocenters. The van der Waals surface area contributed by atoms with E-state index in [1.807, 2.05) is 54.6 Å². The second kappa shape index (κ2) is 9.09. The van der Waals surface area contributed by atoms with Crippen molar-refractivity contribution >= 4 is 71.2 Å². The van der Waals surface area contributed by atoms with Gasteiger partial charge in [0.2, 0.25) is 5.69 Å². The second-order valence-electron chi connectivity index (χ2n) is 11.0. The Kier molecular flexibility index (Phi) is 5.00. The van der Waals surface area contributed by atoms with E-state index in [4.69, 9.17) is 11.0 Å². The van der Waals surface area contributed by atoms with Gasteiger partial charge in [-0.3, -0.25) is 0 Å². The summed E-state index contributed by atoms with van der Waals surface area (Å²) in [6.45, 7) is 7.75. The third-order valence-corrected chi connectivity index (χ3v) is 8.80. The summed E-state index contributed by atoms with van der Waals surface area (Å²) >= 11 is 0. The quantitative estimate of drug-likeness (QED) is 0.193. The highest BCUT2D eigenvalue weighted by Gasteiger charge is 2.24. The summed E-state index contributed by atoms with van der Waals surface area (Å²) in [5.74, 6) is 0. The Morgan fingerprint density at radius 3 is 2.09 bits per heavy atom. The van der Waals surface area contributed by atoms with E-state index in [-0.39, 0.29) is 16.8 Å². The molecule has 0 saturated heterocycles. The van der Waals surface area contributed by atoms with Crippen LogP contribution in [0.5, 0.6) is 0 Å². The van der Waals surface area contributed by atoms with Crippen LogP contribution >= 0.6 is 0 Å². The molecule has 0 saturated carbocycles. The van der Waals surface area contributed by atoms with Crippen molar-refractivity contribution in [1.82, 2.24) is 9.13 Å². The molecular weight excluding hydrogens is 554 g/mol. The topological polar surface area (TPSA) is 74.9 Å². The van der Waals surface area contributed by atoms with Crippen molar-refractivity contribution in [2.24, 2.45) is 0 Å². The molecule has 6 nitrogen and oxygen atoms in total. The summed E-state index contributed by atoms with van der Waals surface area (Å²) in [6.07, 6.45) is 0. The molecule has 0 N–H and O–H groups in total. The normalized spacial score (nSPS) is 11.5. The average molecular weight is 574 g/mol. The van der Waals surface area contributed by atoms with Gasteiger partial charge < -0.3 is 13.6 Å². The Hall–Kier alpha value is -6.81. The molecule has 0 aliphatic rings. The predicted molar refractivity (Wildman–Crippen MR) is 178 cm³/mol. The first kappa shape index (κ1) is 24.8. The second-order valence-corrected chi connectivity index (χ2v) is 11.0. The van der Waals surface area contributed by atoms with Gasteiger partial charge in [-0.15, -0.1) is 0 Å². The molecule has 6 heteroatoms. The van der Waals surface area contributed by atoms with Gasteiger partial charge in [0.1, 0.15) is 11.2 Å². The fraction of sp³-hybridized carbons (Fsp3) is 0. The van der Waals surface area contributed by atoms with Crippen LogP contribution in [-0.2, 0) is 0 Å². The molecule has 45 heavy (non-hydrogen) atoms. The summed E-state index contributed by atoms with van der Waals surface area (Å²) in [5, 5.41) is 26.0. The molecule has 3 heterocycles. The minimum Gasteiger partial charge on any atom is -0.455 e. The third-order valence-electron chi connectivity index (χ3n) is 8.80. The molecular formula is C39H19N5O. The van der Waals surface area contributed by atoms with Crippen LogP contribution in [0.25, 0.3) is 81.8 Å². The van der Waals surface area contributed by atoms with E-state index in [1.54, 1.807) is 12.1 Å². The van der Waals surface area contributed by atoms with Gasteiger partial charge in [-0.1, -0.05) is 54.6 Å². The summed E-state index contributed by atoms with van der Waals surface area (Å²) in [6, 6.07) is 42.8. The summed E-state index contributed by atoms with van der Waals surface area (Å²) in [4.78, 5) is 3.61. The maximum atomic E-state index is 9.92. The highest BCUT2D eigenvalue weighted by molar-refractivity contribution is 6.30. The lowest BCUT2D eigenvalue weighted by atomic mass is 10.1. The van der Waals surface area contributed by atoms with E-state index in [0.717, 1.165) is 71.2 Å². The van der Waals surface area contributed by atoms with Crippen LogP contribution in [0.15, 0.2) is 120 Å². The van der Waals surface area contributed by atoms with Gasteiger partial charge in [0.05, 0.1) is 57.3 Å². The van der Waals surface area contributed by atoms with Crippen molar-refractivity contribution in [3.8, 4) is 23.5 Å². The van der Waals surface area contributed by atoms with Crippen LogP contribution in [0.2, 0.25) is 0 Å². The fourth-order valence-electron chi connectivity index (χ4n) is 6.98. The molecule has 6 aromatic carbocycles. The Balaban J connectivity index is 1.52. The lowest BCUT2D eigenvalue weighted by molar-refractivity contribution is 0.673. The van der Waals surface area contributed by atoms with Crippen LogP contribution < -0.4 is 0 Å². The molecule has 0 bridgehead atoms. The maximum Gasteiger partial charge on any atom is 0.208 e. The predicted octanol–water partition coefficient (Wildman–Crippen LogP) is 10.1. The van der Waals surface area contributed by atoms with E-state index < -0.39 is 0 Å². The van der Waals surface area contributed by atoms with Gasteiger partial charge in [0, 0.05) is 38.3 Å². The van der Waals surface area contributed by atoms with Gasteiger partial charge in [-0.05, 0) is 60.7 Å². The molecule has 206 valence electrons. The first-order chi connectivity index (χ1) is 22.2. The molecule has 9 rings (SSSR count). The molecule has 3 aromatic heterocycles. The SMILES string of the molecule is [C-]#[N+]c1cc(-n2c3ccccc3c3c2ccc2c4c5oc6ccccc6c5ccc4n(-c4ccccc4)c23)cc(C#N)c1C#N. The number of benzene rings is 6. The van der Waals surface area contributed by atoms with E-state index in [2.05, 4.69) is 74.6 Å². The van der Waals surface area contributed by atoms with Crippen LogP contribution in [-0.4, -0.2) is 9.13 Å². The monoisotopic (exact) mass is 573 g/mol. The number of para-hydroxylation sites is 3. The van der Waals surface area contributed by atoms with Crippen molar-refractivity contribution < 1.29 is 4.42 Å². The van der Waals surface area contributed by atoms with Gasteiger partial charge >= 0.3 is 0 Å². The number of furan rings is 1. The zero-order chi connectivity index (χ0) is 30.2. The lowest BCUT2D eigenvalue weighted by Gasteiger charge is -2.11. The zero-order valence-electron chi connectivity index (χ0n) is 23.6. The largest absolute Gasteiger partial charge is 0.455 e. The van der Waals surface area contributed by atoms with Crippen molar-refractivity contribution in [2.75, 3.05) is 0 Å². The Bertz CT molecular complexity index is 2810. The van der Waals surface area contributed by atoms with E-state index in [9.17, 15) is 10.5 Å². The molecule has 0 atom stereocenters. The summed E-state index contributed by atoms with van der Waals surface area (Å²) < 4.78 is 11.0. The van der Waals surface area contributed by atoms with Crippen molar-refractivity contribution in [3.63, 3.8) is 0 Å². The number of rotatable bonds is 2. The summed E-state index contributed by atoms with van der Waals surface area (Å²) in [7, 11) is 0. The standard InChI is InChI=1S/C39H19N5O/c1-42-31-20-25(19-23(21-40)30(31)22-41)43-32-13-7-5-12-28(32)36-33(43)18-16-29-37-34(44(38(29)36)24-9-3-2-4-10-24)17-15-27-26-11-6-8-14-35(26)45-39(27)37/h2-20H. The molecule has 0 radical (unpaired) electrons. The van der Waals surface area contributed by atoms with Gasteiger partial charge in [0.25, 0.3) is 0 Å². The Labute approximate surface area is 256 Å². The number of fused-ring (bicyclic) bond motifs is 11.